The summed E-state index contributed by atoms with van der Waals surface area (Å²) in [5.41, 5.74) is 8.98. The number of anilines is 2. The molecule has 6 heteroatoms. The molecule has 6 nitrogen and oxygen atoms in total. The minimum absolute atomic E-state index is 0.892. The van der Waals surface area contributed by atoms with E-state index in [1.54, 1.807) is 0 Å². The summed E-state index contributed by atoms with van der Waals surface area (Å²) in [6.45, 7) is 2.01. The van der Waals surface area contributed by atoms with Crippen molar-refractivity contribution < 1.29 is 4.68 Å². The first kappa shape index (κ1) is 26.6. The number of nitrogens with zero attached hydrogens (tertiary/aromatic N) is 6. The Morgan fingerprint density at radius 3 is 1.62 bits per heavy atom. The van der Waals surface area contributed by atoms with E-state index in [4.69, 9.17) is 10.2 Å². The number of imidazole rings is 1. The number of rotatable bonds is 8. The van der Waals surface area contributed by atoms with E-state index in [0.717, 1.165) is 39.5 Å². The van der Waals surface area contributed by atoms with Gasteiger partial charge in [-0.05, 0) is 46.5 Å². The molecule has 0 radical (unpaired) electrons. The van der Waals surface area contributed by atoms with Gasteiger partial charge in [0.2, 0.25) is 0 Å². The lowest BCUT2D eigenvalue weighted by Crippen LogP contribution is -2.29. The second kappa shape index (κ2) is 11.8. The summed E-state index contributed by atoms with van der Waals surface area (Å²) in [4.78, 5) is 4.21. The van der Waals surface area contributed by atoms with Crippen molar-refractivity contribution >= 4 is 23.8 Å². The maximum Gasteiger partial charge on any atom is 0.304 e. The van der Waals surface area contributed by atoms with Crippen LogP contribution >= 0.6 is 0 Å². The normalized spacial score (nSPS) is 11.4. The zero-order valence-electron chi connectivity index (χ0n) is 23.7. The molecule has 40 heavy (non-hydrogen) atoms. The average molecular weight is 528 g/mol. The Morgan fingerprint density at radius 2 is 1.12 bits per heavy atom. The predicted molar refractivity (Wildman–Crippen MR) is 168 cm³/mol. The molecule has 0 unspecified atom stereocenters. The summed E-state index contributed by atoms with van der Waals surface area (Å²) in [6, 6.07) is 33.8. The van der Waals surface area contributed by atoms with Crippen molar-refractivity contribution in [1.29, 1.82) is 0 Å². The quantitative estimate of drug-likeness (QED) is 0.175. The summed E-state index contributed by atoms with van der Waals surface area (Å²) in [5.74, 6) is 0.892. The molecule has 0 amide bonds. The molecule has 0 saturated heterocycles. The van der Waals surface area contributed by atoms with Crippen LogP contribution in [0.25, 0.3) is 22.3 Å². The highest BCUT2D eigenvalue weighted by atomic mass is 15.5. The van der Waals surface area contributed by atoms with Gasteiger partial charge in [-0.3, -0.25) is 0 Å². The van der Waals surface area contributed by atoms with E-state index in [9.17, 15) is 0 Å². The van der Waals surface area contributed by atoms with Crippen LogP contribution in [-0.4, -0.2) is 45.3 Å². The summed E-state index contributed by atoms with van der Waals surface area (Å²) < 4.78 is 3.69. The minimum Gasteiger partial charge on any atom is -0.377 e. The number of benzene rings is 4. The van der Waals surface area contributed by atoms with Crippen LogP contribution in [0.15, 0.2) is 120 Å². The summed E-state index contributed by atoms with van der Waals surface area (Å²) in [5, 5.41) is 9.58. The standard InChI is InChI=1S/C34H35N6/c1-26-39(35-24-31-22-29(16-18-33(31)37(2)3)27-12-8-6-9-13-27)20-21-40(26)36-25-32-23-30(17-19-34(32)38(4)5)28-14-10-7-11-15-28/h6-25H,1-5H3/q+1/b35-24+,36-25+. The van der Waals surface area contributed by atoms with Gasteiger partial charge in [-0.15, -0.1) is 9.35 Å². The summed E-state index contributed by atoms with van der Waals surface area (Å²) >= 11 is 0. The first-order chi connectivity index (χ1) is 19.4. The zero-order chi connectivity index (χ0) is 28.1. The summed E-state index contributed by atoms with van der Waals surface area (Å²) in [7, 11) is 8.20. The molecule has 0 spiro atoms. The summed E-state index contributed by atoms with van der Waals surface area (Å²) in [6.07, 6.45) is 7.67. The second-order valence-corrected chi connectivity index (χ2v) is 10.1. The van der Waals surface area contributed by atoms with Gasteiger partial charge in [-0.2, -0.15) is 0 Å². The molecular weight excluding hydrogens is 492 g/mol. The monoisotopic (exact) mass is 527 g/mol. The molecule has 1 heterocycles. The topological polar surface area (TPSA) is 40.0 Å². The highest BCUT2D eigenvalue weighted by Crippen LogP contribution is 2.27. The molecule has 4 aromatic carbocycles. The minimum atomic E-state index is 0.892. The van der Waals surface area contributed by atoms with E-state index < -0.39 is 0 Å². The number of hydrogen-bond acceptors (Lipinski definition) is 4. The lowest BCUT2D eigenvalue weighted by molar-refractivity contribution is -0.684. The van der Waals surface area contributed by atoms with Crippen molar-refractivity contribution in [2.45, 2.75) is 6.92 Å². The van der Waals surface area contributed by atoms with Gasteiger partial charge in [0.1, 0.15) is 0 Å². The van der Waals surface area contributed by atoms with E-state index in [0.29, 0.717) is 0 Å². The fraction of sp³-hybridized carbons (Fsp3) is 0.147. The van der Waals surface area contributed by atoms with E-state index in [1.807, 2.05) is 81.4 Å². The first-order valence-corrected chi connectivity index (χ1v) is 13.3. The number of aromatic nitrogens is 2. The lowest BCUT2D eigenvalue weighted by atomic mass is 10.0. The van der Waals surface area contributed by atoms with Gasteiger partial charge < -0.3 is 9.80 Å². The van der Waals surface area contributed by atoms with Crippen molar-refractivity contribution in [2.24, 2.45) is 10.2 Å². The molecule has 0 aliphatic rings. The molecule has 0 fully saturated rings. The second-order valence-electron chi connectivity index (χ2n) is 10.1. The Labute approximate surface area is 236 Å². The zero-order valence-corrected chi connectivity index (χ0v) is 23.7. The molecule has 1 aromatic heterocycles. The first-order valence-electron chi connectivity index (χ1n) is 13.3. The van der Waals surface area contributed by atoms with Crippen LogP contribution in [0.3, 0.4) is 0 Å². The van der Waals surface area contributed by atoms with Crippen LogP contribution in [0, 0.1) is 6.92 Å². The molecule has 0 N–H and O–H groups in total. The maximum absolute atomic E-state index is 4.79. The van der Waals surface area contributed by atoms with Gasteiger partial charge in [0.25, 0.3) is 0 Å². The molecule has 0 atom stereocenters. The van der Waals surface area contributed by atoms with E-state index in [2.05, 4.69) is 94.7 Å². The molecule has 5 aromatic rings. The molecule has 0 aliphatic heterocycles. The molecule has 5 rings (SSSR count). The Kier molecular flexibility index (Phi) is 7.87. The molecule has 200 valence electrons. The van der Waals surface area contributed by atoms with Crippen molar-refractivity contribution in [3.8, 4) is 22.3 Å². The predicted octanol–water partition coefficient (Wildman–Crippen LogP) is 6.31. The average Bonchev–Trinajstić information content (AvgIpc) is 3.34. The highest BCUT2D eigenvalue weighted by Gasteiger charge is 2.13. The van der Waals surface area contributed by atoms with Gasteiger partial charge in [0.05, 0.1) is 12.4 Å². The lowest BCUT2D eigenvalue weighted by Gasteiger charge is -2.16. The van der Waals surface area contributed by atoms with Crippen LogP contribution in [0.2, 0.25) is 0 Å². The van der Waals surface area contributed by atoms with Crippen LogP contribution < -0.4 is 14.5 Å². The van der Waals surface area contributed by atoms with Gasteiger partial charge in [0, 0.05) is 57.6 Å². The van der Waals surface area contributed by atoms with Crippen molar-refractivity contribution in [3.63, 3.8) is 0 Å². The van der Waals surface area contributed by atoms with Crippen molar-refractivity contribution in [3.05, 3.63) is 126 Å². The Morgan fingerprint density at radius 1 is 0.625 bits per heavy atom. The third-order valence-electron chi connectivity index (χ3n) is 6.89. The Hall–Kier alpha value is -4.97. The molecule has 0 aliphatic carbocycles. The van der Waals surface area contributed by atoms with Crippen LogP contribution in [0.5, 0.6) is 0 Å². The van der Waals surface area contributed by atoms with E-state index in [1.165, 1.54) is 11.1 Å². The molecule has 0 saturated carbocycles. The van der Waals surface area contributed by atoms with E-state index >= 15 is 0 Å². The smallest absolute Gasteiger partial charge is 0.304 e. The number of hydrogen-bond donors (Lipinski definition) is 0. The fourth-order valence-electron chi connectivity index (χ4n) is 4.69. The van der Waals surface area contributed by atoms with Gasteiger partial charge in [-0.25, -0.2) is 0 Å². The van der Waals surface area contributed by atoms with Crippen LogP contribution in [-0.2, 0) is 0 Å². The third kappa shape index (κ3) is 5.86. The van der Waals surface area contributed by atoms with Gasteiger partial charge in [-0.1, -0.05) is 83.0 Å². The van der Waals surface area contributed by atoms with Gasteiger partial charge >= 0.3 is 5.82 Å². The van der Waals surface area contributed by atoms with Crippen molar-refractivity contribution in [1.82, 2.24) is 4.68 Å². The van der Waals surface area contributed by atoms with E-state index in [-0.39, 0.29) is 0 Å². The fourth-order valence-corrected chi connectivity index (χ4v) is 4.69. The van der Waals surface area contributed by atoms with Gasteiger partial charge in [0.15, 0.2) is 12.4 Å². The molecular formula is C34H35N6+. The largest absolute Gasteiger partial charge is 0.377 e. The third-order valence-corrected chi connectivity index (χ3v) is 6.89. The van der Waals surface area contributed by atoms with Crippen LogP contribution in [0.4, 0.5) is 11.4 Å². The van der Waals surface area contributed by atoms with Crippen molar-refractivity contribution in [2.75, 3.05) is 38.0 Å². The Bertz CT molecular complexity index is 1520. The maximum atomic E-state index is 4.79. The SMILES string of the molecule is Cc1n(/N=C/c2cc(-c3ccccc3)ccc2N(C)C)cc[n+]1/N=C/c1cc(-c2ccccc2)ccc1N(C)C. The van der Waals surface area contributed by atoms with Crippen LogP contribution in [0.1, 0.15) is 17.0 Å². The molecule has 0 bridgehead atoms. The highest BCUT2D eigenvalue weighted by molar-refractivity contribution is 5.91. The Balaban J connectivity index is 1.43.